The quantitative estimate of drug-likeness (QED) is 0.681. The molecule has 2 aliphatic rings. The first-order chi connectivity index (χ1) is 6.52. The molecule has 0 unspecified atom stereocenters. The third-order valence-electron chi connectivity index (χ3n) is 4.86. The fourth-order valence-corrected chi connectivity index (χ4v) is 3.57. The minimum Gasteiger partial charge on any atom is -0.325 e. The van der Waals surface area contributed by atoms with E-state index in [-0.39, 0.29) is 5.54 Å². The lowest BCUT2D eigenvalue weighted by Crippen LogP contribution is -2.42. The molecule has 14 heavy (non-hydrogen) atoms. The van der Waals surface area contributed by atoms with Gasteiger partial charge in [0.05, 0.1) is 0 Å². The van der Waals surface area contributed by atoms with E-state index in [2.05, 4.69) is 13.8 Å². The largest absolute Gasteiger partial charge is 0.325 e. The van der Waals surface area contributed by atoms with Crippen molar-refractivity contribution in [2.24, 2.45) is 17.1 Å². The summed E-state index contributed by atoms with van der Waals surface area (Å²) in [6.45, 7) is 4.74. The van der Waals surface area contributed by atoms with Crippen LogP contribution in [-0.4, -0.2) is 5.54 Å². The van der Waals surface area contributed by atoms with Gasteiger partial charge in [0.2, 0.25) is 0 Å². The Balaban J connectivity index is 1.94. The van der Waals surface area contributed by atoms with E-state index in [1.165, 1.54) is 51.4 Å². The molecule has 2 fully saturated rings. The third-order valence-corrected chi connectivity index (χ3v) is 4.86. The Bertz CT molecular complexity index is 191. The van der Waals surface area contributed by atoms with Crippen molar-refractivity contribution >= 4 is 0 Å². The lowest BCUT2D eigenvalue weighted by molar-refractivity contribution is 0.114. The van der Waals surface area contributed by atoms with Gasteiger partial charge in [-0.25, -0.2) is 0 Å². The predicted molar refractivity (Wildman–Crippen MR) is 61.1 cm³/mol. The van der Waals surface area contributed by atoms with E-state index in [1.807, 2.05) is 0 Å². The molecule has 0 aliphatic heterocycles. The maximum atomic E-state index is 6.18. The van der Waals surface area contributed by atoms with Crippen molar-refractivity contribution in [3.63, 3.8) is 0 Å². The van der Waals surface area contributed by atoms with Crippen molar-refractivity contribution in [3.05, 3.63) is 0 Å². The van der Waals surface area contributed by atoms with Crippen molar-refractivity contribution in [2.75, 3.05) is 0 Å². The Morgan fingerprint density at radius 2 is 1.43 bits per heavy atom. The second-order valence-corrected chi connectivity index (χ2v) is 6.29. The van der Waals surface area contributed by atoms with Crippen LogP contribution in [0.1, 0.15) is 65.2 Å². The molecule has 1 heteroatoms. The highest BCUT2D eigenvalue weighted by Crippen LogP contribution is 2.50. The van der Waals surface area contributed by atoms with Crippen LogP contribution >= 0.6 is 0 Å². The van der Waals surface area contributed by atoms with Crippen LogP contribution in [0.4, 0.5) is 0 Å². The zero-order valence-electron chi connectivity index (χ0n) is 9.81. The number of hydrogen-bond acceptors (Lipinski definition) is 1. The van der Waals surface area contributed by atoms with Crippen molar-refractivity contribution in [1.29, 1.82) is 0 Å². The lowest BCUT2D eigenvalue weighted by atomic mass is 9.65. The van der Waals surface area contributed by atoms with E-state index in [9.17, 15) is 0 Å². The molecule has 2 saturated carbocycles. The molecular weight excluding hydrogens is 170 g/mol. The number of rotatable bonds is 1. The minimum atomic E-state index is 0.144. The highest BCUT2D eigenvalue weighted by atomic mass is 14.7. The van der Waals surface area contributed by atoms with E-state index < -0.39 is 0 Å². The monoisotopic (exact) mass is 195 g/mol. The summed E-state index contributed by atoms with van der Waals surface area (Å²) in [5.41, 5.74) is 7.00. The molecule has 1 nitrogen and oxygen atoms in total. The van der Waals surface area contributed by atoms with Gasteiger partial charge in [0.25, 0.3) is 0 Å². The minimum absolute atomic E-state index is 0.144. The van der Waals surface area contributed by atoms with Gasteiger partial charge in [-0.1, -0.05) is 19.8 Å². The maximum Gasteiger partial charge on any atom is 0.0126 e. The standard InChI is InChI=1S/C13H25N/c1-12(7-3-4-8-12)11-5-9-13(2,14)10-6-11/h11H,3-10,14H2,1-2H3. The second kappa shape index (κ2) is 3.52. The van der Waals surface area contributed by atoms with Crippen molar-refractivity contribution in [1.82, 2.24) is 0 Å². The predicted octanol–water partition coefficient (Wildman–Crippen LogP) is 3.47. The van der Waals surface area contributed by atoms with Gasteiger partial charge >= 0.3 is 0 Å². The summed E-state index contributed by atoms with van der Waals surface area (Å²) >= 11 is 0. The van der Waals surface area contributed by atoms with Crippen molar-refractivity contribution < 1.29 is 0 Å². The molecule has 2 aliphatic carbocycles. The zero-order valence-corrected chi connectivity index (χ0v) is 9.81. The van der Waals surface area contributed by atoms with Crippen LogP contribution < -0.4 is 5.73 Å². The zero-order chi connectivity index (χ0) is 10.2. The lowest BCUT2D eigenvalue weighted by Gasteiger charge is -2.42. The first kappa shape index (κ1) is 10.5. The SMILES string of the molecule is CC1(N)CCC(C2(C)CCCC2)CC1. The average molecular weight is 195 g/mol. The van der Waals surface area contributed by atoms with Gasteiger partial charge < -0.3 is 5.73 Å². The highest BCUT2D eigenvalue weighted by Gasteiger charge is 2.40. The Morgan fingerprint density at radius 3 is 1.93 bits per heavy atom. The summed E-state index contributed by atoms with van der Waals surface area (Å²) in [6.07, 6.45) is 11.1. The maximum absolute atomic E-state index is 6.18. The van der Waals surface area contributed by atoms with E-state index in [0.717, 1.165) is 5.92 Å². The molecule has 0 spiro atoms. The second-order valence-electron chi connectivity index (χ2n) is 6.29. The molecule has 0 aromatic rings. The van der Waals surface area contributed by atoms with Crippen LogP contribution in [-0.2, 0) is 0 Å². The Labute approximate surface area is 88.4 Å². The molecular formula is C13H25N. The third kappa shape index (κ3) is 1.98. The highest BCUT2D eigenvalue weighted by molar-refractivity contribution is 4.94. The van der Waals surface area contributed by atoms with Crippen LogP contribution in [0.15, 0.2) is 0 Å². The molecule has 0 aromatic heterocycles. The van der Waals surface area contributed by atoms with Gasteiger partial charge in [-0.05, 0) is 56.8 Å². The van der Waals surface area contributed by atoms with Crippen LogP contribution in [0.3, 0.4) is 0 Å². The van der Waals surface area contributed by atoms with Gasteiger partial charge in [-0.15, -0.1) is 0 Å². The van der Waals surface area contributed by atoms with E-state index in [4.69, 9.17) is 5.73 Å². The Hall–Kier alpha value is -0.0400. The van der Waals surface area contributed by atoms with Crippen LogP contribution in [0, 0.1) is 11.3 Å². The number of nitrogens with two attached hydrogens (primary N) is 1. The van der Waals surface area contributed by atoms with E-state index >= 15 is 0 Å². The van der Waals surface area contributed by atoms with Crippen molar-refractivity contribution in [2.45, 2.75) is 70.8 Å². The Kier molecular flexibility index (Phi) is 2.63. The average Bonchev–Trinajstić information content (AvgIpc) is 2.53. The molecule has 2 N–H and O–H groups in total. The summed E-state index contributed by atoms with van der Waals surface area (Å²) in [4.78, 5) is 0. The topological polar surface area (TPSA) is 26.0 Å². The van der Waals surface area contributed by atoms with E-state index in [1.54, 1.807) is 0 Å². The van der Waals surface area contributed by atoms with Gasteiger partial charge in [0.1, 0.15) is 0 Å². The molecule has 0 bridgehead atoms. The molecule has 0 saturated heterocycles. The van der Waals surface area contributed by atoms with E-state index in [0.29, 0.717) is 5.41 Å². The molecule has 82 valence electrons. The summed E-state index contributed by atoms with van der Waals surface area (Å²) in [6, 6.07) is 0. The van der Waals surface area contributed by atoms with Gasteiger partial charge in [0.15, 0.2) is 0 Å². The summed E-state index contributed by atoms with van der Waals surface area (Å²) < 4.78 is 0. The summed E-state index contributed by atoms with van der Waals surface area (Å²) in [5, 5.41) is 0. The fraction of sp³-hybridized carbons (Fsp3) is 1.00. The normalized spacial score (nSPS) is 42.6. The number of hydrogen-bond donors (Lipinski definition) is 1. The van der Waals surface area contributed by atoms with Crippen LogP contribution in [0.5, 0.6) is 0 Å². The molecule has 0 heterocycles. The smallest absolute Gasteiger partial charge is 0.0126 e. The fourth-order valence-electron chi connectivity index (χ4n) is 3.57. The Morgan fingerprint density at radius 1 is 0.929 bits per heavy atom. The molecule has 2 rings (SSSR count). The first-order valence-corrected chi connectivity index (χ1v) is 6.31. The van der Waals surface area contributed by atoms with Gasteiger partial charge in [-0.2, -0.15) is 0 Å². The first-order valence-electron chi connectivity index (χ1n) is 6.31. The summed E-state index contributed by atoms with van der Waals surface area (Å²) in [7, 11) is 0. The van der Waals surface area contributed by atoms with Gasteiger partial charge in [-0.3, -0.25) is 0 Å². The molecule has 0 radical (unpaired) electrons. The van der Waals surface area contributed by atoms with Crippen LogP contribution in [0.25, 0.3) is 0 Å². The molecule has 0 atom stereocenters. The van der Waals surface area contributed by atoms with Crippen molar-refractivity contribution in [3.8, 4) is 0 Å². The molecule has 0 aromatic carbocycles. The molecule has 0 amide bonds. The summed E-state index contributed by atoms with van der Waals surface area (Å²) in [5.74, 6) is 0.974. The van der Waals surface area contributed by atoms with Gasteiger partial charge in [0, 0.05) is 5.54 Å². The van der Waals surface area contributed by atoms with Crippen LogP contribution in [0.2, 0.25) is 0 Å².